The van der Waals surface area contributed by atoms with Crippen molar-refractivity contribution in [2.45, 2.75) is 16.7 Å². The average molecular weight is 628 g/mol. The van der Waals surface area contributed by atoms with Gasteiger partial charge in [0, 0.05) is 27.8 Å². The van der Waals surface area contributed by atoms with E-state index in [-0.39, 0.29) is 4.90 Å². The van der Waals surface area contributed by atoms with Crippen molar-refractivity contribution in [3.05, 3.63) is 163 Å². The van der Waals surface area contributed by atoms with Gasteiger partial charge in [-0.3, -0.25) is 0 Å². The number of fused-ring (bicyclic) bond motifs is 7. The van der Waals surface area contributed by atoms with Crippen LogP contribution in [-0.2, 0) is 9.84 Å². The smallest absolute Gasteiger partial charge is 0.206 e. The van der Waals surface area contributed by atoms with E-state index < -0.39 is 9.84 Å². The van der Waals surface area contributed by atoms with Gasteiger partial charge in [-0.15, -0.1) is 0 Å². The molecule has 5 nitrogen and oxygen atoms in total. The normalized spacial score (nSPS) is 12.1. The molecule has 0 N–H and O–H groups in total. The van der Waals surface area contributed by atoms with Crippen molar-refractivity contribution in [2.75, 3.05) is 0 Å². The summed E-state index contributed by atoms with van der Waals surface area (Å²) in [4.78, 5) is 0.557. The maximum atomic E-state index is 13.6. The average Bonchev–Trinajstić information content (AvgIpc) is 3.74. The molecule has 3 aromatic heterocycles. The third-order valence-electron chi connectivity index (χ3n) is 9.13. The van der Waals surface area contributed by atoms with Gasteiger partial charge in [0.05, 0.1) is 42.9 Å². The summed E-state index contributed by atoms with van der Waals surface area (Å²) < 4.78 is 34.2. The molecule has 6 heteroatoms. The largest absolute Gasteiger partial charge is 0.306 e. The van der Waals surface area contributed by atoms with Gasteiger partial charge in [0.2, 0.25) is 9.84 Å². The lowest BCUT2D eigenvalue weighted by molar-refractivity contribution is 0.596. The Bertz CT molecular complexity index is 2720. The minimum Gasteiger partial charge on any atom is -0.306 e. The second-order valence-electron chi connectivity index (χ2n) is 11.9. The van der Waals surface area contributed by atoms with Crippen LogP contribution in [0, 0.1) is 6.92 Å². The van der Waals surface area contributed by atoms with Crippen molar-refractivity contribution < 1.29 is 8.42 Å². The molecule has 0 aliphatic rings. The monoisotopic (exact) mass is 627 g/mol. The van der Waals surface area contributed by atoms with E-state index in [1.54, 1.807) is 24.3 Å². The number of sulfone groups is 1. The number of benzene rings is 6. The van der Waals surface area contributed by atoms with Gasteiger partial charge in [0.1, 0.15) is 0 Å². The highest BCUT2D eigenvalue weighted by atomic mass is 32.2. The number of aromatic nitrogens is 3. The number of nitrogens with zero attached hydrogens (tertiary/aromatic N) is 3. The molecule has 9 aromatic rings. The first kappa shape index (κ1) is 27.5. The van der Waals surface area contributed by atoms with Gasteiger partial charge in [-0.25, -0.2) is 8.42 Å². The van der Waals surface area contributed by atoms with Crippen LogP contribution in [0.1, 0.15) is 5.56 Å². The Morgan fingerprint density at radius 2 is 0.766 bits per heavy atom. The maximum Gasteiger partial charge on any atom is 0.206 e. The van der Waals surface area contributed by atoms with Crippen LogP contribution in [0.3, 0.4) is 0 Å². The van der Waals surface area contributed by atoms with E-state index in [0.29, 0.717) is 4.90 Å². The molecule has 0 aliphatic carbocycles. The molecule has 0 spiro atoms. The Morgan fingerprint density at radius 1 is 0.383 bits per heavy atom. The van der Waals surface area contributed by atoms with Crippen LogP contribution in [0.2, 0.25) is 0 Å². The van der Waals surface area contributed by atoms with Crippen molar-refractivity contribution in [1.29, 1.82) is 0 Å². The van der Waals surface area contributed by atoms with Crippen LogP contribution < -0.4 is 0 Å². The summed E-state index contributed by atoms with van der Waals surface area (Å²) in [5, 5.41) is 2.27. The number of hydrogen-bond acceptors (Lipinski definition) is 2. The highest BCUT2D eigenvalue weighted by Crippen LogP contribution is 2.45. The fourth-order valence-corrected chi connectivity index (χ4v) is 8.28. The molecule has 0 bridgehead atoms. The van der Waals surface area contributed by atoms with E-state index in [1.807, 2.05) is 43.3 Å². The SMILES string of the molecule is Cc1ccc(S(=O)(=O)c2ccc(-n3c4ccccc4c4c3c3c(c5ccccc5n3-c3ccccc3)n4-c3ccccc3)cc2)cc1. The second kappa shape index (κ2) is 10.3. The summed E-state index contributed by atoms with van der Waals surface area (Å²) in [6, 6.07) is 52.4. The van der Waals surface area contributed by atoms with E-state index in [9.17, 15) is 8.42 Å². The van der Waals surface area contributed by atoms with Crippen molar-refractivity contribution >= 4 is 53.7 Å². The van der Waals surface area contributed by atoms with E-state index >= 15 is 0 Å². The van der Waals surface area contributed by atoms with Crippen LogP contribution in [0.4, 0.5) is 0 Å². The Kier molecular flexibility index (Phi) is 6.04. The van der Waals surface area contributed by atoms with Crippen molar-refractivity contribution in [3.63, 3.8) is 0 Å². The standard InChI is InChI=1S/C41H29N3O2S/c1-28-20-24-32(25-21-28)47(45,46)33-26-22-31(23-27-33)43-37-19-11-9-17-35(37)39-41(43)40-38(44(39)30-14-6-3-7-15-30)34-16-8-10-18-36(34)42(40)29-12-4-2-5-13-29/h2-27H,1H3. The molecule has 0 fully saturated rings. The molecule has 0 unspecified atom stereocenters. The Hall–Kier alpha value is -5.85. The number of para-hydroxylation sites is 4. The fourth-order valence-electron chi connectivity index (χ4n) is 7.02. The van der Waals surface area contributed by atoms with Gasteiger partial charge in [0.15, 0.2) is 0 Å². The van der Waals surface area contributed by atoms with Crippen molar-refractivity contribution in [1.82, 2.24) is 13.7 Å². The Morgan fingerprint density at radius 3 is 1.26 bits per heavy atom. The first-order valence-electron chi connectivity index (χ1n) is 15.6. The fraction of sp³-hybridized carbons (Fsp3) is 0.0244. The van der Waals surface area contributed by atoms with Gasteiger partial charge in [-0.2, -0.15) is 0 Å². The van der Waals surface area contributed by atoms with E-state index in [2.05, 4.69) is 111 Å². The van der Waals surface area contributed by atoms with E-state index in [0.717, 1.165) is 66.5 Å². The van der Waals surface area contributed by atoms with Gasteiger partial charge in [-0.05, 0) is 79.7 Å². The van der Waals surface area contributed by atoms with Crippen molar-refractivity contribution in [3.8, 4) is 17.1 Å². The lowest BCUT2D eigenvalue weighted by Crippen LogP contribution is -2.03. The molecule has 9 rings (SSSR count). The molecule has 0 saturated heterocycles. The summed E-state index contributed by atoms with van der Waals surface area (Å²) in [5.41, 5.74) is 10.6. The lowest BCUT2D eigenvalue weighted by Gasteiger charge is -2.11. The van der Waals surface area contributed by atoms with Crippen LogP contribution in [0.15, 0.2) is 168 Å². The minimum atomic E-state index is -3.67. The summed E-state index contributed by atoms with van der Waals surface area (Å²) in [7, 11) is -3.67. The van der Waals surface area contributed by atoms with E-state index in [1.165, 1.54) is 0 Å². The molecule has 226 valence electrons. The minimum absolute atomic E-state index is 0.267. The predicted molar refractivity (Wildman–Crippen MR) is 191 cm³/mol. The third kappa shape index (κ3) is 4.05. The summed E-state index contributed by atoms with van der Waals surface area (Å²) in [6.45, 7) is 1.95. The highest BCUT2D eigenvalue weighted by molar-refractivity contribution is 7.91. The third-order valence-corrected chi connectivity index (χ3v) is 10.9. The van der Waals surface area contributed by atoms with Crippen LogP contribution in [-0.4, -0.2) is 22.1 Å². The van der Waals surface area contributed by atoms with Gasteiger partial charge < -0.3 is 13.7 Å². The molecule has 0 radical (unpaired) electrons. The zero-order valence-electron chi connectivity index (χ0n) is 25.6. The molecular formula is C41H29N3O2S. The molecule has 47 heavy (non-hydrogen) atoms. The maximum absolute atomic E-state index is 13.6. The summed E-state index contributed by atoms with van der Waals surface area (Å²) in [5.74, 6) is 0. The molecule has 6 aromatic carbocycles. The zero-order chi connectivity index (χ0) is 31.7. The molecular weight excluding hydrogens is 599 g/mol. The molecule has 0 atom stereocenters. The Labute approximate surface area is 272 Å². The molecule has 0 amide bonds. The second-order valence-corrected chi connectivity index (χ2v) is 13.9. The van der Waals surface area contributed by atoms with Crippen LogP contribution in [0.25, 0.3) is 60.9 Å². The highest BCUT2D eigenvalue weighted by Gasteiger charge is 2.28. The van der Waals surface area contributed by atoms with Crippen LogP contribution in [0.5, 0.6) is 0 Å². The first-order valence-corrected chi connectivity index (χ1v) is 17.1. The lowest BCUT2D eigenvalue weighted by atomic mass is 10.2. The molecule has 0 aliphatic heterocycles. The summed E-state index contributed by atoms with van der Waals surface area (Å²) >= 11 is 0. The zero-order valence-corrected chi connectivity index (χ0v) is 26.4. The van der Waals surface area contributed by atoms with Gasteiger partial charge in [0.25, 0.3) is 0 Å². The quantitative estimate of drug-likeness (QED) is 0.191. The van der Waals surface area contributed by atoms with Gasteiger partial charge >= 0.3 is 0 Å². The molecule has 0 saturated carbocycles. The topological polar surface area (TPSA) is 48.9 Å². The number of hydrogen-bond donors (Lipinski definition) is 0. The first-order chi connectivity index (χ1) is 23.0. The Balaban J connectivity index is 1.42. The summed E-state index contributed by atoms with van der Waals surface area (Å²) in [6.07, 6.45) is 0. The van der Waals surface area contributed by atoms with Gasteiger partial charge in [-0.1, -0.05) is 90.5 Å². The predicted octanol–water partition coefficient (Wildman–Crippen LogP) is 9.81. The molecule has 3 heterocycles. The van der Waals surface area contributed by atoms with E-state index in [4.69, 9.17) is 0 Å². The number of aryl methyl sites for hydroxylation is 1. The van der Waals surface area contributed by atoms with Crippen LogP contribution >= 0.6 is 0 Å². The van der Waals surface area contributed by atoms with Crippen molar-refractivity contribution in [2.24, 2.45) is 0 Å². The number of rotatable bonds is 5.